The Hall–Kier alpha value is -0.920. The third-order valence-corrected chi connectivity index (χ3v) is 10.3. The number of unbranched alkanes of at least 4 members (excludes halogenated alkanes) is 4. The molecule has 2 rings (SSSR count). The average Bonchev–Trinajstić information content (AvgIpc) is 2.67. The predicted octanol–water partition coefficient (Wildman–Crippen LogP) is 4.57. The van der Waals surface area contributed by atoms with Gasteiger partial charge in [-0.25, -0.2) is 16.8 Å². The molecule has 1 aliphatic heterocycles. The van der Waals surface area contributed by atoms with Crippen LogP contribution in [0, 0.1) is 0 Å². The molecule has 1 fully saturated rings. The second-order valence-corrected chi connectivity index (χ2v) is 13.9. The van der Waals surface area contributed by atoms with Gasteiger partial charge in [0.1, 0.15) is 0 Å². The van der Waals surface area contributed by atoms with E-state index in [1.165, 1.54) is 0 Å². The molecule has 0 atom stereocenters. The monoisotopic (exact) mass is 443 g/mol. The van der Waals surface area contributed by atoms with E-state index in [0.29, 0.717) is 18.0 Å². The van der Waals surface area contributed by atoms with Gasteiger partial charge in [0, 0.05) is 13.1 Å². The molecule has 0 radical (unpaired) electrons. The molecule has 0 spiro atoms. The van der Waals surface area contributed by atoms with Crippen molar-refractivity contribution in [2.45, 2.75) is 88.2 Å². The molecule has 5 nitrogen and oxygen atoms in total. The van der Waals surface area contributed by atoms with Crippen molar-refractivity contribution in [3.63, 3.8) is 0 Å². The summed E-state index contributed by atoms with van der Waals surface area (Å²) in [7, 11) is -6.36. The lowest BCUT2D eigenvalue weighted by Crippen LogP contribution is -2.35. The Morgan fingerprint density at radius 1 is 0.793 bits per heavy atom. The van der Waals surface area contributed by atoms with Gasteiger partial charge in [-0.15, -0.1) is 0 Å². The van der Waals surface area contributed by atoms with Crippen molar-refractivity contribution in [3.8, 4) is 0 Å². The molecule has 29 heavy (non-hydrogen) atoms. The fourth-order valence-electron chi connectivity index (χ4n) is 3.54. The summed E-state index contributed by atoms with van der Waals surface area (Å²) in [5.74, 6) is 0.267. The summed E-state index contributed by atoms with van der Waals surface area (Å²) < 4.78 is 50.4. The van der Waals surface area contributed by atoms with Crippen molar-refractivity contribution >= 4 is 19.9 Å². The van der Waals surface area contributed by atoms with E-state index in [-0.39, 0.29) is 5.75 Å². The minimum atomic E-state index is -3.35. The van der Waals surface area contributed by atoms with Crippen LogP contribution in [0.3, 0.4) is 0 Å². The molecule has 0 saturated carbocycles. The predicted molar refractivity (Wildman–Crippen MR) is 119 cm³/mol. The molecule has 0 amide bonds. The van der Waals surface area contributed by atoms with Crippen molar-refractivity contribution in [2.75, 3.05) is 18.8 Å². The van der Waals surface area contributed by atoms with Gasteiger partial charge in [-0.3, -0.25) is 0 Å². The number of piperidine rings is 1. The molecular formula is C22H37NO4S2. The maximum atomic E-state index is 12.7. The first kappa shape index (κ1) is 24.4. The van der Waals surface area contributed by atoms with Crippen LogP contribution in [0.2, 0.25) is 0 Å². The summed E-state index contributed by atoms with van der Waals surface area (Å²) in [5, 5.41) is 0. The molecule has 0 bridgehead atoms. The van der Waals surface area contributed by atoms with Gasteiger partial charge in [-0.2, -0.15) is 4.31 Å². The Kier molecular flexibility index (Phi) is 8.73. The fraction of sp³-hybridized carbons (Fsp3) is 0.727. The topological polar surface area (TPSA) is 71.5 Å². The highest BCUT2D eigenvalue weighted by molar-refractivity contribution is 7.92. The maximum absolute atomic E-state index is 12.7. The minimum absolute atomic E-state index is 0.267. The molecule has 1 heterocycles. The molecule has 166 valence electrons. The van der Waals surface area contributed by atoms with Crippen LogP contribution < -0.4 is 0 Å². The fourth-order valence-corrected chi connectivity index (χ4v) is 6.25. The Morgan fingerprint density at radius 2 is 1.34 bits per heavy atom. The van der Waals surface area contributed by atoms with E-state index in [4.69, 9.17) is 0 Å². The number of aryl methyl sites for hydroxylation is 1. The van der Waals surface area contributed by atoms with Crippen LogP contribution in [0.15, 0.2) is 29.2 Å². The van der Waals surface area contributed by atoms with Crippen LogP contribution in [-0.2, 0) is 26.3 Å². The molecule has 1 saturated heterocycles. The molecule has 0 N–H and O–H groups in total. The lowest BCUT2D eigenvalue weighted by Gasteiger charge is -2.25. The zero-order valence-corrected chi connectivity index (χ0v) is 19.8. The van der Waals surface area contributed by atoms with Crippen molar-refractivity contribution in [1.82, 2.24) is 4.31 Å². The number of hydrogen-bond donors (Lipinski definition) is 0. The zero-order valence-electron chi connectivity index (χ0n) is 18.2. The molecule has 1 aliphatic rings. The zero-order chi connectivity index (χ0) is 21.5. The van der Waals surface area contributed by atoms with Crippen LogP contribution in [0.25, 0.3) is 0 Å². The minimum Gasteiger partial charge on any atom is -0.228 e. The first-order chi connectivity index (χ1) is 13.5. The van der Waals surface area contributed by atoms with Gasteiger partial charge in [-0.1, -0.05) is 37.8 Å². The van der Waals surface area contributed by atoms with E-state index < -0.39 is 24.6 Å². The van der Waals surface area contributed by atoms with Crippen LogP contribution >= 0.6 is 0 Å². The summed E-state index contributed by atoms with van der Waals surface area (Å²) >= 11 is 0. The highest BCUT2D eigenvalue weighted by Crippen LogP contribution is 2.22. The van der Waals surface area contributed by atoms with Crippen molar-refractivity contribution in [2.24, 2.45) is 0 Å². The third kappa shape index (κ3) is 7.07. The summed E-state index contributed by atoms with van der Waals surface area (Å²) in [4.78, 5) is 0.392. The Balaban J connectivity index is 1.70. The Bertz CT molecular complexity index is 832. The van der Waals surface area contributed by atoms with Gasteiger partial charge in [0.25, 0.3) is 0 Å². The van der Waals surface area contributed by atoms with Crippen LogP contribution in [0.5, 0.6) is 0 Å². The molecule has 1 aromatic rings. The number of rotatable bonds is 10. The van der Waals surface area contributed by atoms with Crippen molar-refractivity contribution in [3.05, 3.63) is 29.8 Å². The SMILES string of the molecule is CC(C)(C)S(=O)(=O)CCCCCCCc1ccc(S(=O)(=O)N2CCCCC2)cc1. The quantitative estimate of drug-likeness (QED) is 0.497. The highest BCUT2D eigenvalue weighted by atomic mass is 32.2. The normalized spacial score (nSPS) is 16.8. The smallest absolute Gasteiger partial charge is 0.228 e. The van der Waals surface area contributed by atoms with Gasteiger partial charge in [-0.05, 0) is 70.6 Å². The first-order valence-electron chi connectivity index (χ1n) is 10.9. The van der Waals surface area contributed by atoms with Crippen LogP contribution in [-0.4, -0.2) is 44.7 Å². The molecule has 7 heteroatoms. The summed E-state index contributed by atoms with van der Waals surface area (Å²) in [5.41, 5.74) is 1.15. The lowest BCUT2D eigenvalue weighted by atomic mass is 10.1. The number of benzene rings is 1. The second-order valence-electron chi connectivity index (χ2n) is 9.06. The van der Waals surface area contributed by atoms with E-state index in [9.17, 15) is 16.8 Å². The van der Waals surface area contributed by atoms with Crippen molar-refractivity contribution in [1.29, 1.82) is 0 Å². The Labute approximate surface area is 177 Å². The van der Waals surface area contributed by atoms with Crippen LogP contribution in [0.1, 0.15) is 77.7 Å². The second kappa shape index (κ2) is 10.4. The number of sulfone groups is 1. The average molecular weight is 444 g/mol. The van der Waals surface area contributed by atoms with E-state index in [2.05, 4.69) is 0 Å². The summed E-state index contributed by atoms with van der Waals surface area (Å²) in [6, 6.07) is 7.31. The lowest BCUT2D eigenvalue weighted by molar-refractivity contribution is 0.346. The highest BCUT2D eigenvalue weighted by Gasteiger charge is 2.28. The van der Waals surface area contributed by atoms with Gasteiger partial charge < -0.3 is 0 Å². The van der Waals surface area contributed by atoms with Crippen LogP contribution in [0.4, 0.5) is 0 Å². The van der Waals surface area contributed by atoms with Gasteiger partial charge in [0.15, 0.2) is 9.84 Å². The standard InChI is InChI=1S/C22H37NO4S2/c1-22(2,3)28(24,25)19-11-6-4-5-8-12-20-13-15-21(16-14-20)29(26,27)23-17-9-7-10-18-23/h13-16H,4-12,17-19H2,1-3H3. The number of hydrogen-bond acceptors (Lipinski definition) is 4. The van der Waals surface area contributed by atoms with E-state index >= 15 is 0 Å². The number of sulfonamides is 1. The molecule has 1 aromatic carbocycles. The molecule has 0 aliphatic carbocycles. The molecule has 0 unspecified atom stereocenters. The van der Waals surface area contributed by atoms with E-state index in [0.717, 1.165) is 63.4 Å². The third-order valence-electron chi connectivity index (χ3n) is 5.69. The Morgan fingerprint density at radius 3 is 1.93 bits per heavy atom. The van der Waals surface area contributed by atoms with E-state index in [1.54, 1.807) is 37.2 Å². The van der Waals surface area contributed by atoms with E-state index in [1.807, 2.05) is 12.1 Å². The maximum Gasteiger partial charge on any atom is 0.243 e. The molecular weight excluding hydrogens is 406 g/mol. The van der Waals surface area contributed by atoms with Gasteiger partial charge in [0.05, 0.1) is 15.4 Å². The summed E-state index contributed by atoms with van der Waals surface area (Å²) in [6.07, 6.45) is 8.69. The first-order valence-corrected chi connectivity index (χ1v) is 13.9. The van der Waals surface area contributed by atoms with Gasteiger partial charge >= 0.3 is 0 Å². The largest absolute Gasteiger partial charge is 0.243 e. The number of nitrogens with zero attached hydrogens (tertiary/aromatic N) is 1. The van der Waals surface area contributed by atoms with Gasteiger partial charge in [0.2, 0.25) is 10.0 Å². The summed E-state index contributed by atoms with van der Waals surface area (Å²) in [6.45, 7) is 6.52. The van der Waals surface area contributed by atoms with Crippen molar-refractivity contribution < 1.29 is 16.8 Å². The molecule has 0 aromatic heterocycles.